The zero-order valence-corrected chi connectivity index (χ0v) is 23.0. The van der Waals surface area contributed by atoms with E-state index >= 15 is 0 Å². The average Bonchev–Trinajstić information content (AvgIpc) is 2.91. The van der Waals surface area contributed by atoms with E-state index in [4.69, 9.17) is 26.4 Å². The number of nitrogens with zero attached hydrogens (tertiary/aromatic N) is 2. The summed E-state index contributed by atoms with van der Waals surface area (Å²) >= 11 is 9.06. The predicted octanol–water partition coefficient (Wildman–Crippen LogP) is 5.15. The number of carbonyl (C=O) groups is 3. The van der Waals surface area contributed by atoms with Gasteiger partial charge < -0.3 is 14.2 Å². The maximum absolute atomic E-state index is 13.7. The molecule has 1 heterocycles. The number of hydrogen-bond donors (Lipinski definition) is 0. The first-order valence-corrected chi connectivity index (χ1v) is 12.8. The molecule has 4 rings (SSSR count). The number of methoxy groups -OCH3 is 1. The molecule has 1 saturated heterocycles. The molecule has 1 aliphatic rings. The van der Waals surface area contributed by atoms with Gasteiger partial charge in [0.2, 0.25) is 0 Å². The van der Waals surface area contributed by atoms with Gasteiger partial charge in [-0.3, -0.25) is 19.4 Å². The van der Waals surface area contributed by atoms with Crippen LogP contribution in [0.2, 0.25) is 0 Å². The zero-order valence-electron chi connectivity index (χ0n) is 20.5. The summed E-state index contributed by atoms with van der Waals surface area (Å²) in [5, 5.41) is 0.0519. The molecular weight excluding hydrogens is 572 g/mol. The summed E-state index contributed by atoms with van der Waals surface area (Å²) in [7, 11) is 1.44. The maximum Gasteiger partial charge on any atom is 0.344 e. The lowest BCUT2D eigenvalue weighted by molar-refractivity contribution is -0.145. The second-order valence-electron chi connectivity index (χ2n) is 7.92. The Morgan fingerprint density at radius 3 is 2.00 bits per heavy atom. The van der Waals surface area contributed by atoms with E-state index in [9.17, 15) is 14.4 Å². The monoisotopic (exact) mass is 594 g/mol. The van der Waals surface area contributed by atoms with Crippen LogP contribution in [0, 0.1) is 0 Å². The zero-order chi connectivity index (χ0) is 27.2. The minimum atomic E-state index is -0.559. The first-order chi connectivity index (χ1) is 18.3. The van der Waals surface area contributed by atoms with Gasteiger partial charge in [0.15, 0.2) is 23.2 Å². The third-order valence-corrected chi connectivity index (χ3v) is 6.44. The van der Waals surface area contributed by atoms with E-state index < -0.39 is 17.8 Å². The molecule has 0 saturated carbocycles. The van der Waals surface area contributed by atoms with Gasteiger partial charge >= 0.3 is 5.97 Å². The largest absolute Gasteiger partial charge is 0.493 e. The molecule has 1 aliphatic heterocycles. The number of hydrogen-bond acceptors (Lipinski definition) is 7. The first-order valence-electron chi connectivity index (χ1n) is 11.6. The van der Waals surface area contributed by atoms with Gasteiger partial charge in [-0.25, -0.2) is 4.79 Å². The number of rotatable bonds is 8. The molecular formula is C28H23BrN2O6S. The van der Waals surface area contributed by atoms with Crippen molar-refractivity contribution >= 4 is 68.5 Å². The fourth-order valence-electron chi connectivity index (χ4n) is 3.80. The SMILES string of the molecule is CCOC(=O)COc1c(Br)cc(C=C2C(=O)N(c3ccccc3)C(=S)N(c3ccccc3)C2=O)cc1OC. The normalized spacial score (nSPS) is 13.4. The quantitative estimate of drug-likeness (QED) is 0.154. The van der Waals surface area contributed by atoms with Gasteiger partial charge in [0, 0.05) is 0 Å². The lowest BCUT2D eigenvalue weighted by atomic mass is 10.0. The number of halogens is 1. The van der Waals surface area contributed by atoms with Crippen molar-refractivity contribution in [2.75, 3.05) is 30.1 Å². The number of benzene rings is 3. The fourth-order valence-corrected chi connectivity index (χ4v) is 4.75. The van der Waals surface area contributed by atoms with Gasteiger partial charge in [0.25, 0.3) is 11.8 Å². The number of amides is 2. The lowest BCUT2D eigenvalue weighted by Gasteiger charge is -2.36. The third-order valence-electron chi connectivity index (χ3n) is 5.48. The van der Waals surface area contributed by atoms with E-state index in [0.717, 1.165) is 0 Å². The van der Waals surface area contributed by atoms with Crippen molar-refractivity contribution in [3.8, 4) is 11.5 Å². The van der Waals surface area contributed by atoms with Crippen LogP contribution in [0.15, 0.2) is 82.8 Å². The number of ether oxygens (including phenoxy) is 3. The molecule has 0 atom stereocenters. The molecule has 38 heavy (non-hydrogen) atoms. The predicted molar refractivity (Wildman–Crippen MR) is 151 cm³/mol. The van der Waals surface area contributed by atoms with Crippen LogP contribution in [-0.4, -0.2) is 43.2 Å². The Kier molecular flexibility index (Phi) is 8.55. The van der Waals surface area contributed by atoms with Gasteiger partial charge in [-0.05, 0) is 83.1 Å². The Morgan fingerprint density at radius 1 is 0.947 bits per heavy atom. The lowest BCUT2D eigenvalue weighted by Crippen LogP contribution is -2.56. The number of thiocarbonyl (C=S) groups is 1. The molecule has 0 N–H and O–H groups in total. The number of para-hydroxylation sites is 2. The van der Waals surface area contributed by atoms with Crippen LogP contribution in [0.3, 0.4) is 0 Å². The van der Waals surface area contributed by atoms with Crippen LogP contribution < -0.4 is 19.3 Å². The number of carbonyl (C=O) groups excluding carboxylic acids is 3. The molecule has 3 aromatic rings. The molecule has 10 heteroatoms. The van der Waals surface area contributed by atoms with Crippen molar-refractivity contribution in [2.45, 2.75) is 6.92 Å². The molecule has 0 spiro atoms. The van der Waals surface area contributed by atoms with E-state index in [1.54, 1.807) is 67.6 Å². The van der Waals surface area contributed by atoms with Crippen LogP contribution in [0.5, 0.6) is 11.5 Å². The summed E-state index contributed by atoms with van der Waals surface area (Å²) in [5.74, 6) is -1.07. The van der Waals surface area contributed by atoms with E-state index in [0.29, 0.717) is 27.2 Å². The maximum atomic E-state index is 13.7. The van der Waals surface area contributed by atoms with Crippen molar-refractivity contribution in [2.24, 2.45) is 0 Å². The van der Waals surface area contributed by atoms with Crippen LogP contribution in [-0.2, 0) is 19.1 Å². The van der Waals surface area contributed by atoms with E-state index in [-0.39, 0.29) is 29.6 Å². The molecule has 8 nitrogen and oxygen atoms in total. The number of anilines is 2. The highest BCUT2D eigenvalue weighted by Gasteiger charge is 2.41. The molecule has 0 aliphatic carbocycles. The minimum Gasteiger partial charge on any atom is -0.493 e. The average molecular weight is 595 g/mol. The smallest absolute Gasteiger partial charge is 0.344 e. The Balaban J connectivity index is 1.77. The Bertz CT molecular complexity index is 1350. The summed E-state index contributed by atoms with van der Waals surface area (Å²) in [6, 6.07) is 21.0. The molecule has 0 radical (unpaired) electrons. The molecule has 194 valence electrons. The molecule has 0 aromatic heterocycles. The Hall–Kier alpha value is -4.02. The van der Waals surface area contributed by atoms with Crippen LogP contribution in [0.4, 0.5) is 11.4 Å². The van der Waals surface area contributed by atoms with E-state index in [1.165, 1.54) is 23.0 Å². The summed E-state index contributed by atoms with van der Waals surface area (Å²) in [5.41, 5.74) is 1.45. The van der Waals surface area contributed by atoms with Crippen molar-refractivity contribution in [3.63, 3.8) is 0 Å². The second-order valence-corrected chi connectivity index (χ2v) is 9.14. The topological polar surface area (TPSA) is 85.4 Å². The summed E-state index contributed by atoms with van der Waals surface area (Å²) in [6.07, 6.45) is 1.47. The summed E-state index contributed by atoms with van der Waals surface area (Å²) in [6.45, 7) is 1.63. The van der Waals surface area contributed by atoms with E-state index in [1.807, 2.05) is 12.1 Å². The highest BCUT2D eigenvalue weighted by atomic mass is 79.9. The van der Waals surface area contributed by atoms with Crippen molar-refractivity contribution in [1.82, 2.24) is 0 Å². The fraction of sp³-hybridized carbons (Fsp3) is 0.143. The minimum absolute atomic E-state index is 0.0519. The molecule has 1 fully saturated rings. The molecule has 3 aromatic carbocycles. The highest BCUT2D eigenvalue weighted by Crippen LogP contribution is 2.38. The molecule has 0 unspecified atom stereocenters. The van der Waals surface area contributed by atoms with Crippen molar-refractivity contribution in [1.29, 1.82) is 0 Å². The van der Waals surface area contributed by atoms with Gasteiger partial charge in [-0.15, -0.1) is 0 Å². The summed E-state index contributed by atoms with van der Waals surface area (Å²) < 4.78 is 16.4. The number of esters is 1. The van der Waals surface area contributed by atoms with Crippen LogP contribution >= 0.6 is 28.1 Å². The molecule has 0 bridgehead atoms. The first kappa shape index (κ1) is 27.0. The van der Waals surface area contributed by atoms with Crippen molar-refractivity contribution < 1.29 is 28.6 Å². The molecule has 2 amide bonds. The van der Waals surface area contributed by atoms with Crippen LogP contribution in [0.25, 0.3) is 6.08 Å². The van der Waals surface area contributed by atoms with Gasteiger partial charge in [0.1, 0.15) is 5.57 Å². The van der Waals surface area contributed by atoms with E-state index in [2.05, 4.69) is 15.9 Å². The Morgan fingerprint density at radius 2 is 1.50 bits per heavy atom. The highest BCUT2D eigenvalue weighted by molar-refractivity contribution is 9.10. The van der Waals surface area contributed by atoms with Crippen molar-refractivity contribution in [3.05, 3.63) is 88.4 Å². The van der Waals surface area contributed by atoms with Gasteiger partial charge in [-0.1, -0.05) is 36.4 Å². The second kappa shape index (κ2) is 12.0. The Labute approximate surface area is 233 Å². The van der Waals surface area contributed by atoms with Gasteiger partial charge in [-0.2, -0.15) is 0 Å². The van der Waals surface area contributed by atoms with Gasteiger partial charge in [0.05, 0.1) is 29.6 Å². The summed E-state index contributed by atoms with van der Waals surface area (Å²) in [4.78, 5) is 41.8. The standard InChI is InChI=1S/C28H23BrN2O6S/c1-3-36-24(32)17-37-25-22(29)15-18(16-23(25)35-2)14-21-26(33)30(19-10-6-4-7-11-19)28(38)31(27(21)34)20-12-8-5-9-13-20/h4-16H,3,17H2,1-2H3. The van der Waals surface area contributed by atoms with Crippen LogP contribution in [0.1, 0.15) is 12.5 Å². The third kappa shape index (κ3) is 5.61.